The van der Waals surface area contributed by atoms with Gasteiger partial charge in [-0.25, -0.2) is 0 Å². The van der Waals surface area contributed by atoms with Crippen LogP contribution >= 0.6 is 0 Å². The molecule has 15 heavy (non-hydrogen) atoms. The minimum atomic E-state index is 0.293. The summed E-state index contributed by atoms with van der Waals surface area (Å²) in [7, 11) is 2.07. The largest absolute Gasteiger partial charge is 0.374 e. The van der Waals surface area contributed by atoms with Gasteiger partial charge < -0.3 is 4.90 Å². The second kappa shape index (κ2) is 3.69. The molecule has 0 unspecified atom stereocenters. The molecule has 0 atom stereocenters. The number of hydrogen-bond donors (Lipinski definition) is 0. The van der Waals surface area contributed by atoms with Gasteiger partial charge in [0.25, 0.3) is 0 Å². The van der Waals surface area contributed by atoms with Gasteiger partial charge >= 0.3 is 0 Å². The number of rotatable bonds is 0. The Hall–Kier alpha value is -1.31. The Balaban J connectivity index is 2.64. The van der Waals surface area contributed by atoms with Crippen molar-refractivity contribution in [3.63, 3.8) is 0 Å². The van der Waals surface area contributed by atoms with E-state index < -0.39 is 0 Å². The topological polar surface area (TPSA) is 20.3 Å². The molecular weight excluding hydrogens is 186 g/mol. The Morgan fingerprint density at radius 1 is 1.27 bits per heavy atom. The van der Waals surface area contributed by atoms with Gasteiger partial charge in [-0.2, -0.15) is 0 Å². The van der Waals surface area contributed by atoms with E-state index in [1.165, 1.54) is 11.1 Å². The minimum absolute atomic E-state index is 0.293. The molecule has 1 aliphatic rings. The van der Waals surface area contributed by atoms with E-state index in [0.717, 1.165) is 24.2 Å². The van der Waals surface area contributed by atoms with Gasteiger partial charge in [-0.1, -0.05) is 6.07 Å². The number of carbonyl (C=O) groups excluding carboxylic acids is 1. The molecule has 0 saturated heterocycles. The van der Waals surface area contributed by atoms with E-state index in [4.69, 9.17) is 0 Å². The quantitative estimate of drug-likeness (QED) is 0.646. The molecule has 80 valence electrons. The Morgan fingerprint density at radius 3 is 2.73 bits per heavy atom. The van der Waals surface area contributed by atoms with Crippen LogP contribution in [0, 0.1) is 13.8 Å². The van der Waals surface area contributed by atoms with Crippen LogP contribution in [0.3, 0.4) is 0 Å². The van der Waals surface area contributed by atoms with Gasteiger partial charge in [-0.3, -0.25) is 4.79 Å². The van der Waals surface area contributed by atoms with Gasteiger partial charge in [0.1, 0.15) is 0 Å². The molecule has 2 heteroatoms. The Kier molecular flexibility index (Phi) is 2.51. The lowest BCUT2D eigenvalue weighted by Crippen LogP contribution is -2.19. The lowest BCUT2D eigenvalue weighted by molar-refractivity contribution is 0.0983. The van der Waals surface area contributed by atoms with Crippen LogP contribution in [0.5, 0.6) is 0 Å². The summed E-state index contributed by atoms with van der Waals surface area (Å²) in [6.45, 7) is 5.11. The Bertz CT molecular complexity index is 409. The molecule has 0 amide bonds. The standard InChI is InChI=1S/C13H17NO/c1-9-7-10(2)13-11(8-9)12(15)5-4-6-14(13)3/h7-8H,4-6H2,1-3H3. The van der Waals surface area contributed by atoms with Crippen molar-refractivity contribution in [1.29, 1.82) is 0 Å². The number of carbonyl (C=O) groups is 1. The summed E-state index contributed by atoms with van der Waals surface area (Å²) in [5.74, 6) is 0.293. The second-order valence-corrected chi connectivity index (χ2v) is 4.43. The number of Topliss-reactive ketones (excluding diaryl/α,β-unsaturated/α-hetero) is 1. The summed E-state index contributed by atoms with van der Waals surface area (Å²) in [4.78, 5) is 14.1. The molecule has 0 aromatic heterocycles. The van der Waals surface area contributed by atoms with E-state index in [9.17, 15) is 4.79 Å². The maximum Gasteiger partial charge on any atom is 0.165 e. The van der Waals surface area contributed by atoms with Gasteiger partial charge in [-0.15, -0.1) is 0 Å². The molecule has 1 aromatic rings. The number of benzene rings is 1. The Labute approximate surface area is 90.9 Å². The predicted molar refractivity (Wildman–Crippen MR) is 62.8 cm³/mol. The number of aryl methyl sites for hydroxylation is 2. The van der Waals surface area contributed by atoms with E-state index in [2.05, 4.69) is 24.9 Å². The maximum absolute atomic E-state index is 11.9. The van der Waals surface area contributed by atoms with E-state index in [1.54, 1.807) is 0 Å². The van der Waals surface area contributed by atoms with E-state index in [0.29, 0.717) is 12.2 Å². The van der Waals surface area contributed by atoms with Gasteiger partial charge in [-0.05, 0) is 37.5 Å². The number of anilines is 1. The highest BCUT2D eigenvalue weighted by Crippen LogP contribution is 2.29. The van der Waals surface area contributed by atoms with Crippen LogP contribution in [0.25, 0.3) is 0 Å². The third-order valence-electron chi connectivity index (χ3n) is 3.02. The molecule has 0 fully saturated rings. The first-order valence-corrected chi connectivity index (χ1v) is 5.45. The fraction of sp³-hybridized carbons (Fsp3) is 0.462. The van der Waals surface area contributed by atoms with Gasteiger partial charge in [0.05, 0.1) is 5.69 Å². The molecule has 0 aliphatic carbocycles. The molecule has 0 N–H and O–H groups in total. The first kappa shape index (κ1) is 10.2. The lowest BCUT2D eigenvalue weighted by atomic mass is 10.00. The fourth-order valence-corrected chi connectivity index (χ4v) is 2.40. The second-order valence-electron chi connectivity index (χ2n) is 4.43. The van der Waals surface area contributed by atoms with Crippen molar-refractivity contribution < 1.29 is 4.79 Å². The van der Waals surface area contributed by atoms with Crippen LogP contribution in [0.15, 0.2) is 12.1 Å². The lowest BCUT2D eigenvalue weighted by Gasteiger charge is -2.21. The van der Waals surface area contributed by atoms with Gasteiger partial charge in [0, 0.05) is 25.6 Å². The fourth-order valence-electron chi connectivity index (χ4n) is 2.40. The average Bonchev–Trinajstić information content (AvgIpc) is 2.27. The molecule has 2 rings (SSSR count). The van der Waals surface area contributed by atoms with Crippen LogP contribution in [0.1, 0.15) is 34.3 Å². The van der Waals surface area contributed by atoms with Crippen molar-refractivity contribution in [3.05, 3.63) is 28.8 Å². The smallest absolute Gasteiger partial charge is 0.165 e. The summed E-state index contributed by atoms with van der Waals surface area (Å²) >= 11 is 0. The minimum Gasteiger partial charge on any atom is -0.374 e. The molecule has 0 bridgehead atoms. The zero-order valence-electron chi connectivity index (χ0n) is 9.63. The number of nitrogens with zero attached hydrogens (tertiary/aromatic N) is 1. The highest BCUT2D eigenvalue weighted by atomic mass is 16.1. The van der Waals surface area contributed by atoms with Crippen molar-refractivity contribution in [2.45, 2.75) is 26.7 Å². The van der Waals surface area contributed by atoms with E-state index in [1.807, 2.05) is 13.0 Å². The van der Waals surface area contributed by atoms with Crippen molar-refractivity contribution >= 4 is 11.5 Å². The monoisotopic (exact) mass is 203 g/mol. The Morgan fingerprint density at radius 2 is 2.00 bits per heavy atom. The summed E-state index contributed by atoms with van der Waals surface area (Å²) in [5.41, 5.74) is 4.42. The first-order chi connectivity index (χ1) is 7.09. The highest BCUT2D eigenvalue weighted by Gasteiger charge is 2.20. The zero-order chi connectivity index (χ0) is 11.0. The normalized spacial score (nSPS) is 16.2. The van der Waals surface area contributed by atoms with E-state index >= 15 is 0 Å². The predicted octanol–water partition coefficient (Wildman–Crippen LogP) is 2.72. The summed E-state index contributed by atoms with van der Waals surface area (Å²) in [5, 5.41) is 0. The van der Waals surface area contributed by atoms with Crippen molar-refractivity contribution in [3.8, 4) is 0 Å². The summed E-state index contributed by atoms with van der Waals surface area (Å²) in [6.07, 6.45) is 1.64. The number of hydrogen-bond acceptors (Lipinski definition) is 2. The van der Waals surface area contributed by atoms with Crippen LogP contribution in [-0.4, -0.2) is 19.4 Å². The van der Waals surface area contributed by atoms with Crippen molar-refractivity contribution in [1.82, 2.24) is 0 Å². The molecule has 1 aromatic carbocycles. The molecule has 0 radical (unpaired) electrons. The summed E-state index contributed by atoms with van der Waals surface area (Å²) < 4.78 is 0. The third kappa shape index (κ3) is 1.76. The van der Waals surface area contributed by atoms with E-state index in [-0.39, 0.29) is 0 Å². The van der Waals surface area contributed by atoms with Gasteiger partial charge in [0.15, 0.2) is 5.78 Å². The van der Waals surface area contributed by atoms with Crippen molar-refractivity contribution in [2.75, 3.05) is 18.5 Å². The summed E-state index contributed by atoms with van der Waals surface area (Å²) in [6, 6.07) is 4.17. The molecule has 0 spiro atoms. The van der Waals surface area contributed by atoms with Crippen LogP contribution in [0.4, 0.5) is 5.69 Å². The molecule has 0 saturated carbocycles. The van der Waals surface area contributed by atoms with Crippen molar-refractivity contribution in [2.24, 2.45) is 0 Å². The SMILES string of the molecule is Cc1cc(C)c2c(c1)C(=O)CCCN2C. The average molecular weight is 203 g/mol. The van der Waals surface area contributed by atoms with Crippen LogP contribution in [0.2, 0.25) is 0 Å². The van der Waals surface area contributed by atoms with Gasteiger partial charge in [0.2, 0.25) is 0 Å². The highest BCUT2D eigenvalue weighted by molar-refractivity contribution is 6.02. The van der Waals surface area contributed by atoms with Crippen LogP contribution in [-0.2, 0) is 0 Å². The number of fused-ring (bicyclic) bond motifs is 1. The number of ketones is 1. The third-order valence-corrected chi connectivity index (χ3v) is 3.02. The molecule has 1 heterocycles. The zero-order valence-corrected chi connectivity index (χ0v) is 9.63. The van der Waals surface area contributed by atoms with Crippen LogP contribution < -0.4 is 4.90 Å². The molecular formula is C13H17NO. The first-order valence-electron chi connectivity index (χ1n) is 5.45. The maximum atomic E-state index is 11.9. The molecule has 2 nitrogen and oxygen atoms in total. The molecule has 1 aliphatic heterocycles.